The standard InChI is InChI=1S/C28H36N2O2/c1-20(2)22-8-3-4-9-23(22)26-12-7-15-30(26)21-18-28(19-21)13-16-29(17-14-28)25-11-6-5-10-24(25)27(31)32/h3-6,8-11,20-21,26H,7,12-19H2,1-2H3,(H,31,32). The van der Waals surface area contributed by atoms with Gasteiger partial charge in [-0.15, -0.1) is 0 Å². The van der Waals surface area contributed by atoms with Gasteiger partial charge in [-0.05, 0) is 79.7 Å². The average Bonchev–Trinajstić information content (AvgIpc) is 3.27. The Labute approximate surface area is 192 Å². The zero-order valence-electron chi connectivity index (χ0n) is 19.5. The predicted octanol–water partition coefficient (Wildman–Crippen LogP) is 6.09. The molecule has 1 spiro atoms. The first-order valence-electron chi connectivity index (χ1n) is 12.4. The second-order valence-corrected chi connectivity index (χ2v) is 10.6. The molecule has 0 amide bonds. The predicted molar refractivity (Wildman–Crippen MR) is 130 cm³/mol. The normalized spacial score (nSPS) is 23.6. The molecule has 0 aromatic heterocycles. The van der Waals surface area contributed by atoms with Gasteiger partial charge in [-0.3, -0.25) is 4.90 Å². The molecule has 3 fully saturated rings. The van der Waals surface area contributed by atoms with Crippen LogP contribution in [0, 0.1) is 5.41 Å². The Morgan fingerprint density at radius 2 is 1.69 bits per heavy atom. The average molecular weight is 433 g/mol. The minimum absolute atomic E-state index is 0.429. The van der Waals surface area contributed by atoms with Crippen LogP contribution in [0.2, 0.25) is 0 Å². The van der Waals surface area contributed by atoms with Crippen LogP contribution < -0.4 is 4.90 Å². The minimum Gasteiger partial charge on any atom is -0.478 e. The number of nitrogens with zero attached hydrogens (tertiary/aromatic N) is 2. The number of carbonyl (C=O) groups is 1. The summed E-state index contributed by atoms with van der Waals surface area (Å²) in [5.41, 5.74) is 4.85. The molecule has 32 heavy (non-hydrogen) atoms. The van der Waals surface area contributed by atoms with Crippen LogP contribution in [0.25, 0.3) is 0 Å². The van der Waals surface area contributed by atoms with Crippen LogP contribution in [0.5, 0.6) is 0 Å². The molecule has 2 aromatic rings. The van der Waals surface area contributed by atoms with Crippen LogP contribution in [0.3, 0.4) is 0 Å². The second kappa shape index (κ2) is 8.55. The van der Waals surface area contributed by atoms with Crippen molar-refractivity contribution in [2.24, 2.45) is 5.41 Å². The highest BCUT2D eigenvalue weighted by atomic mass is 16.4. The third kappa shape index (κ3) is 3.83. The van der Waals surface area contributed by atoms with Crippen molar-refractivity contribution in [2.75, 3.05) is 24.5 Å². The Bertz CT molecular complexity index is 969. The van der Waals surface area contributed by atoms with Crippen LogP contribution in [0.15, 0.2) is 48.5 Å². The molecule has 4 nitrogen and oxygen atoms in total. The van der Waals surface area contributed by atoms with Gasteiger partial charge in [0.2, 0.25) is 0 Å². The Balaban J connectivity index is 1.24. The summed E-state index contributed by atoms with van der Waals surface area (Å²) in [6.45, 7) is 7.79. The molecule has 4 heteroatoms. The van der Waals surface area contributed by atoms with Crippen LogP contribution in [0.4, 0.5) is 5.69 Å². The third-order valence-corrected chi connectivity index (χ3v) is 8.38. The van der Waals surface area contributed by atoms with Crippen molar-refractivity contribution in [3.05, 3.63) is 65.2 Å². The first kappa shape index (κ1) is 21.5. The number of para-hydroxylation sites is 1. The van der Waals surface area contributed by atoms with Crippen LogP contribution in [0.1, 0.15) is 85.8 Å². The monoisotopic (exact) mass is 432 g/mol. The van der Waals surface area contributed by atoms with E-state index in [-0.39, 0.29) is 0 Å². The van der Waals surface area contributed by atoms with E-state index < -0.39 is 5.97 Å². The van der Waals surface area contributed by atoms with Crippen molar-refractivity contribution in [2.45, 2.75) is 70.4 Å². The molecule has 1 unspecified atom stereocenters. The smallest absolute Gasteiger partial charge is 0.337 e. The molecule has 5 rings (SSSR count). The van der Waals surface area contributed by atoms with Gasteiger partial charge in [-0.1, -0.05) is 50.2 Å². The molecular weight excluding hydrogens is 396 g/mol. The number of likely N-dealkylation sites (tertiary alicyclic amines) is 1. The highest BCUT2D eigenvalue weighted by molar-refractivity contribution is 5.94. The van der Waals surface area contributed by atoms with Crippen molar-refractivity contribution in [3.8, 4) is 0 Å². The van der Waals surface area contributed by atoms with Crippen LogP contribution in [-0.4, -0.2) is 41.7 Å². The largest absolute Gasteiger partial charge is 0.478 e. The lowest BCUT2D eigenvalue weighted by Gasteiger charge is -2.56. The summed E-state index contributed by atoms with van der Waals surface area (Å²) in [6.07, 6.45) is 7.56. The molecule has 2 heterocycles. The maximum absolute atomic E-state index is 11.6. The fraction of sp³-hybridized carbons (Fsp3) is 0.536. The number of piperidine rings is 1. The van der Waals surface area contributed by atoms with Crippen molar-refractivity contribution in [1.82, 2.24) is 4.90 Å². The van der Waals surface area contributed by atoms with Gasteiger partial charge < -0.3 is 10.0 Å². The van der Waals surface area contributed by atoms with Crippen molar-refractivity contribution in [3.63, 3.8) is 0 Å². The lowest BCUT2D eigenvalue weighted by atomic mass is 9.59. The van der Waals surface area contributed by atoms with E-state index in [4.69, 9.17) is 0 Å². The first-order chi connectivity index (χ1) is 15.5. The zero-order chi connectivity index (χ0) is 22.3. The van der Waals surface area contributed by atoms with E-state index in [0.29, 0.717) is 29.0 Å². The number of hydrogen-bond donors (Lipinski definition) is 1. The van der Waals surface area contributed by atoms with Crippen LogP contribution >= 0.6 is 0 Å². The molecule has 3 aliphatic rings. The fourth-order valence-corrected chi connectivity index (χ4v) is 6.64. The summed E-state index contributed by atoms with van der Waals surface area (Å²) < 4.78 is 0. The number of carboxylic acids is 1. The maximum atomic E-state index is 11.6. The van der Waals surface area contributed by atoms with Gasteiger partial charge in [-0.2, -0.15) is 0 Å². The number of rotatable bonds is 5. The van der Waals surface area contributed by atoms with Gasteiger partial charge in [0.1, 0.15) is 0 Å². The van der Waals surface area contributed by atoms with E-state index in [9.17, 15) is 9.90 Å². The van der Waals surface area contributed by atoms with Crippen LogP contribution in [-0.2, 0) is 0 Å². The topological polar surface area (TPSA) is 43.8 Å². The highest BCUT2D eigenvalue weighted by Gasteiger charge is 2.50. The summed E-state index contributed by atoms with van der Waals surface area (Å²) in [4.78, 5) is 16.7. The molecule has 1 saturated carbocycles. The van der Waals surface area contributed by atoms with E-state index in [1.807, 2.05) is 18.2 Å². The molecular formula is C28H36N2O2. The van der Waals surface area contributed by atoms with Crippen molar-refractivity contribution in [1.29, 1.82) is 0 Å². The van der Waals surface area contributed by atoms with Gasteiger partial charge in [0.15, 0.2) is 0 Å². The Morgan fingerprint density at radius 3 is 2.41 bits per heavy atom. The molecule has 2 saturated heterocycles. The quantitative estimate of drug-likeness (QED) is 0.620. The first-order valence-corrected chi connectivity index (χ1v) is 12.4. The molecule has 2 aromatic carbocycles. The number of benzene rings is 2. The molecule has 0 bridgehead atoms. The SMILES string of the molecule is CC(C)c1ccccc1C1CCCN1C1CC2(CCN(c3ccccc3C(=O)O)CC2)C1. The van der Waals surface area contributed by atoms with Gasteiger partial charge >= 0.3 is 5.97 Å². The van der Waals surface area contributed by atoms with Gasteiger partial charge in [0, 0.05) is 25.2 Å². The molecule has 1 aliphatic carbocycles. The van der Waals surface area contributed by atoms with E-state index in [1.165, 1.54) is 50.6 Å². The summed E-state index contributed by atoms with van der Waals surface area (Å²) in [7, 11) is 0. The lowest BCUT2D eigenvalue weighted by Crippen LogP contribution is -2.55. The van der Waals surface area contributed by atoms with Gasteiger partial charge in [0.05, 0.1) is 11.3 Å². The van der Waals surface area contributed by atoms with E-state index in [1.54, 1.807) is 11.6 Å². The summed E-state index contributed by atoms with van der Waals surface area (Å²) in [5, 5.41) is 9.55. The molecule has 1 N–H and O–H groups in total. The molecule has 170 valence electrons. The zero-order valence-corrected chi connectivity index (χ0v) is 19.5. The number of carboxylic acid groups (broad SMARTS) is 1. The van der Waals surface area contributed by atoms with E-state index >= 15 is 0 Å². The number of hydrogen-bond acceptors (Lipinski definition) is 3. The van der Waals surface area contributed by atoms with E-state index in [2.05, 4.69) is 47.9 Å². The fourth-order valence-electron chi connectivity index (χ4n) is 6.64. The molecule has 0 radical (unpaired) electrons. The Kier molecular flexibility index (Phi) is 5.75. The lowest BCUT2D eigenvalue weighted by molar-refractivity contribution is -0.0228. The summed E-state index contributed by atoms with van der Waals surface area (Å²) in [5.74, 6) is -0.259. The van der Waals surface area contributed by atoms with Gasteiger partial charge in [0.25, 0.3) is 0 Å². The van der Waals surface area contributed by atoms with Crippen molar-refractivity contribution < 1.29 is 9.90 Å². The molecule has 2 aliphatic heterocycles. The summed E-state index contributed by atoms with van der Waals surface area (Å²) >= 11 is 0. The number of aromatic carboxylic acids is 1. The molecule has 1 atom stereocenters. The number of anilines is 1. The van der Waals surface area contributed by atoms with Crippen molar-refractivity contribution >= 4 is 11.7 Å². The minimum atomic E-state index is -0.827. The Hall–Kier alpha value is -2.33. The van der Waals surface area contributed by atoms with E-state index in [0.717, 1.165) is 18.8 Å². The summed E-state index contributed by atoms with van der Waals surface area (Å²) in [6, 6.07) is 17.8. The third-order valence-electron chi connectivity index (χ3n) is 8.38. The second-order valence-electron chi connectivity index (χ2n) is 10.6. The Morgan fingerprint density at radius 1 is 1.00 bits per heavy atom. The maximum Gasteiger partial charge on any atom is 0.337 e. The highest BCUT2D eigenvalue weighted by Crippen LogP contribution is 2.54. The van der Waals surface area contributed by atoms with Gasteiger partial charge in [-0.25, -0.2) is 4.79 Å².